The zero-order chi connectivity index (χ0) is 23.0. The molecule has 1 aromatic carbocycles. The Kier molecular flexibility index (Phi) is 5.91. The van der Waals surface area contributed by atoms with Crippen molar-refractivity contribution < 1.29 is 17.7 Å². The minimum absolute atomic E-state index is 0.110. The Morgan fingerprint density at radius 1 is 1.00 bits per heavy atom. The van der Waals surface area contributed by atoms with E-state index in [9.17, 15) is 13.2 Å². The van der Waals surface area contributed by atoms with Crippen molar-refractivity contribution in [1.29, 1.82) is 0 Å². The van der Waals surface area contributed by atoms with Gasteiger partial charge >= 0.3 is 0 Å². The Morgan fingerprint density at radius 3 is 2.31 bits per heavy atom. The molecule has 1 aliphatic rings. The molecule has 0 unspecified atom stereocenters. The van der Waals surface area contributed by atoms with Crippen molar-refractivity contribution in [2.24, 2.45) is 0 Å². The summed E-state index contributed by atoms with van der Waals surface area (Å²) < 4.78 is 34.5. The topological polar surface area (TPSA) is 102 Å². The number of nitrogens with zero attached hydrogens (tertiary/aromatic N) is 5. The average molecular weight is 458 g/mol. The first kappa shape index (κ1) is 22.2. The molecule has 4 rings (SSSR count). The van der Waals surface area contributed by atoms with E-state index in [-0.39, 0.29) is 23.1 Å². The highest BCUT2D eigenvalue weighted by molar-refractivity contribution is 7.89. The van der Waals surface area contributed by atoms with Gasteiger partial charge in [-0.05, 0) is 64.4 Å². The molecular weight excluding hydrogens is 430 g/mol. The van der Waals surface area contributed by atoms with Crippen molar-refractivity contribution in [2.45, 2.75) is 39.0 Å². The number of hydrogen-bond donors (Lipinski definition) is 0. The fourth-order valence-electron chi connectivity index (χ4n) is 4.13. The van der Waals surface area contributed by atoms with Gasteiger partial charge in [0.2, 0.25) is 10.0 Å². The molecule has 9 nitrogen and oxygen atoms in total. The van der Waals surface area contributed by atoms with Crippen LogP contribution < -0.4 is 0 Å². The molecule has 170 valence electrons. The molecule has 0 aliphatic carbocycles. The van der Waals surface area contributed by atoms with Gasteiger partial charge < -0.3 is 9.42 Å². The maximum atomic E-state index is 13.1. The number of aromatic nitrogens is 3. The predicted molar refractivity (Wildman–Crippen MR) is 118 cm³/mol. The number of amides is 1. The summed E-state index contributed by atoms with van der Waals surface area (Å²) in [4.78, 5) is 14.9. The predicted octanol–water partition coefficient (Wildman–Crippen LogP) is 2.63. The Bertz CT molecular complexity index is 1220. The van der Waals surface area contributed by atoms with E-state index in [0.717, 1.165) is 17.1 Å². The van der Waals surface area contributed by atoms with Gasteiger partial charge in [-0.1, -0.05) is 5.16 Å². The van der Waals surface area contributed by atoms with Gasteiger partial charge in [0.15, 0.2) is 5.76 Å². The van der Waals surface area contributed by atoms with Gasteiger partial charge in [0.25, 0.3) is 5.91 Å². The van der Waals surface area contributed by atoms with Gasteiger partial charge in [-0.2, -0.15) is 9.40 Å². The Balaban J connectivity index is 1.48. The van der Waals surface area contributed by atoms with Crippen LogP contribution in [0.3, 0.4) is 0 Å². The molecule has 0 bridgehead atoms. The molecule has 10 heteroatoms. The highest BCUT2D eigenvalue weighted by Gasteiger charge is 2.33. The molecular formula is C22H27N5O4S. The summed E-state index contributed by atoms with van der Waals surface area (Å²) >= 11 is 0. The quantitative estimate of drug-likeness (QED) is 0.597. The second-order valence-corrected chi connectivity index (χ2v) is 9.96. The van der Waals surface area contributed by atoms with Crippen molar-refractivity contribution in [2.75, 3.05) is 26.2 Å². The average Bonchev–Trinajstić information content (AvgIpc) is 3.16. The van der Waals surface area contributed by atoms with Crippen LogP contribution in [0.4, 0.5) is 0 Å². The van der Waals surface area contributed by atoms with E-state index in [1.165, 1.54) is 4.31 Å². The third-order valence-electron chi connectivity index (χ3n) is 5.68. The van der Waals surface area contributed by atoms with Crippen LogP contribution in [0.2, 0.25) is 0 Å². The van der Waals surface area contributed by atoms with Crippen LogP contribution >= 0.6 is 0 Å². The molecule has 0 saturated carbocycles. The molecule has 3 aromatic rings. The van der Waals surface area contributed by atoms with Crippen molar-refractivity contribution >= 4 is 15.9 Å². The fraction of sp³-hybridized carbons (Fsp3) is 0.409. The Hall–Kier alpha value is -2.98. The summed E-state index contributed by atoms with van der Waals surface area (Å²) in [6.07, 6.45) is 0.554. The Labute approximate surface area is 187 Å². The number of sulfonamides is 1. The third kappa shape index (κ3) is 4.07. The lowest BCUT2D eigenvalue weighted by molar-refractivity contribution is 0.0764. The first-order valence-electron chi connectivity index (χ1n) is 10.5. The molecule has 1 saturated heterocycles. The van der Waals surface area contributed by atoms with E-state index in [1.807, 2.05) is 36.7 Å². The van der Waals surface area contributed by atoms with Gasteiger partial charge in [-0.3, -0.25) is 4.79 Å². The molecule has 1 aliphatic heterocycles. The Morgan fingerprint density at radius 2 is 1.72 bits per heavy atom. The fourth-order valence-corrected chi connectivity index (χ4v) is 5.89. The van der Waals surface area contributed by atoms with Gasteiger partial charge in [0.1, 0.15) is 10.6 Å². The van der Waals surface area contributed by atoms with Crippen LogP contribution in [0.5, 0.6) is 0 Å². The lowest BCUT2D eigenvalue weighted by Gasteiger charge is -2.22. The van der Waals surface area contributed by atoms with Gasteiger partial charge in [0.05, 0.1) is 11.4 Å². The van der Waals surface area contributed by atoms with Crippen LogP contribution in [-0.4, -0.2) is 64.6 Å². The van der Waals surface area contributed by atoms with Gasteiger partial charge in [-0.15, -0.1) is 0 Å². The molecule has 0 N–H and O–H groups in total. The lowest BCUT2D eigenvalue weighted by Crippen LogP contribution is -2.37. The third-order valence-corrected chi connectivity index (χ3v) is 7.82. The maximum absolute atomic E-state index is 13.1. The molecule has 0 spiro atoms. The van der Waals surface area contributed by atoms with Gasteiger partial charge in [-0.25, -0.2) is 13.1 Å². The highest BCUT2D eigenvalue weighted by atomic mass is 32.2. The lowest BCUT2D eigenvalue weighted by atomic mass is 10.1. The largest absolute Gasteiger partial charge is 0.360 e. The van der Waals surface area contributed by atoms with Crippen molar-refractivity contribution in [3.63, 3.8) is 0 Å². The first-order chi connectivity index (χ1) is 15.2. The number of carbonyl (C=O) groups is 1. The minimum atomic E-state index is -3.73. The van der Waals surface area contributed by atoms with E-state index in [4.69, 9.17) is 4.52 Å². The van der Waals surface area contributed by atoms with Crippen LogP contribution in [0.15, 0.2) is 39.8 Å². The summed E-state index contributed by atoms with van der Waals surface area (Å²) in [5.41, 5.74) is 3.76. The first-order valence-corrected chi connectivity index (χ1v) is 12.0. The normalized spacial score (nSPS) is 15.7. The molecule has 2 aromatic heterocycles. The monoisotopic (exact) mass is 457 g/mol. The molecule has 32 heavy (non-hydrogen) atoms. The second-order valence-electron chi connectivity index (χ2n) is 8.09. The zero-order valence-corrected chi connectivity index (χ0v) is 19.5. The molecule has 1 fully saturated rings. The molecule has 0 radical (unpaired) electrons. The number of rotatable bonds is 4. The molecule has 0 atom stereocenters. The van der Waals surface area contributed by atoms with Crippen LogP contribution in [0.25, 0.3) is 5.69 Å². The van der Waals surface area contributed by atoms with Crippen LogP contribution in [0, 0.1) is 27.7 Å². The summed E-state index contributed by atoms with van der Waals surface area (Å²) in [5.74, 6) is 0.170. The van der Waals surface area contributed by atoms with Gasteiger partial charge in [0, 0.05) is 37.4 Å². The van der Waals surface area contributed by atoms with E-state index in [1.54, 1.807) is 30.9 Å². The maximum Gasteiger partial charge on any atom is 0.253 e. The van der Waals surface area contributed by atoms with Crippen LogP contribution in [-0.2, 0) is 10.0 Å². The van der Waals surface area contributed by atoms with E-state index in [2.05, 4.69) is 10.3 Å². The number of aryl methyl sites for hydroxylation is 4. The minimum Gasteiger partial charge on any atom is -0.360 e. The summed E-state index contributed by atoms with van der Waals surface area (Å²) in [5, 5.41) is 8.24. The van der Waals surface area contributed by atoms with Crippen molar-refractivity contribution in [3.8, 4) is 5.69 Å². The van der Waals surface area contributed by atoms with Crippen LogP contribution in [0.1, 0.15) is 39.6 Å². The number of benzene rings is 1. The summed E-state index contributed by atoms with van der Waals surface area (Å²) in [6, 6.07) is 9.32. The SMILES string of the molecule is Cc1cc(C)n(-c2ccc(C(=O)N3CCCN(S(=O)(=O)c4c(C)noc4C)CC3)cc2)n1. The molecule has 3 heterocycles. The standard InChI is InChI=1S/C22H27N5O4S/c1-15-14-16(2)27(23-15)20-8-6-19(7-9-20)22(28)25-10-5-11-26(13-12-25)32(29,30)21-17(3)24-31-18(21)4/h6-9,14H,5,10-13H2,1-4H3. The van der Waals surface area contributed by atoms with Crippen molar-refractivity contribution in [3.05, 3.63) is 58.7 Å². The van der Waals surface area contributed by atoms with E-state index < -0.39 is 10.0 Å². The highest BCUT2D eigenvalue weighted by Crippen LogP contribution is 2.24. The smallest absolute Gasteiger partial charge is 0.253 e. The molecule has 1 amide bonds. The van der Waals surface area contributed by atoms with E-state index >= 15 is 0 Å². The zero-order valence-electron chi connectivity index (χ0n) is 18.7. The number of carbonyl (C=O) groups excluding carboxylic acids is 1. The summed E-state index contributed by atoms with van der Waals surface area (Å²) in [7, 11) is -3.73. The number of hydrogen-bond acceptors (Lipinski definition) is 6. The van der Waals surface area contributed by atoms with E-state index in [0.29, 0.717) is 37.3 Å². The summed E-state index contributed by atoms with van der Waals surface area (Å²) in [6.45, 7) is 8.51. The van der Waals surface area contributed by atoms with Crippen molar-refractivity contribution in [1.82, 2.24) is 24.1 Å². The second kappa shape index (κ2) is 8.51.